The Balaban J connectivity index is 2.53. The smallest absolute Gasteiger partial charge is 0.315 e. The molecule has 1 unspecified atom stereocenters. The molecular weight excluding hydrogens is 216 g/mol. The van der Waals surface area contributed by atoms with Crippen LogP contribution in [0.15, 0.2) is 30.3 Å². The summed E-state index contributed by atoms with van der Waals surface area (Å²) in [6.07, 6.45) is 0. The zero-order chi connectivity index (χ0) is 12.9. The van der Waals surface area contributed by atoms with E-state index in [4.69, 9.17) is 0 Å². The van der Waals surface area contributed by atoms with Gasteiger partial charge in [-0.05, 0) is 26.3 Å². The quantitative estimate of drug-likeness (QED) is 0.743. The van der Waals surface area contributed by atoms with Crippen LogP contribution in [0.4, 0.5) is 4.79 Å². The molecule has 0 bridgehead atoms. The van der Waals surface area contributed by atoms with Gasteiger partial charge >= 0.3 is 6.03 Å². The minimum Gasteiger partial charge on any atom is -0.384 e. The standard InChI is InChI=1S/C13H20N2O2/c1-10(2)15-12(16)14-9-13(3,17)11-7-5-4-6-8-11/h4-8,10,17H,9H2,1-3H3,(H2,14,15,16). The monoisotopic (exact) mass is 236 g/mol. The maximum atomic E-state index is 11.4. The molecule has 1 aromatic carbocycles. The van der Waals surface area contributed by atoms with Crippen molar-refractivity contribution in [2.75, 3.05) is 6.54 Å². The van der Waals surface area contributed by atoms with Gasteiger partial charge in [0, 0.05) is 6.04 Å². The molecule has 1 atom stereocenters. The first-order valence-electron chi connectivity index (χ1n) is 5.74. The second kappa shape index (κ2) is 5.68. The molecule has 2 amide bonds. The summed E-state index contributed by atoms with van der Waals surface area (Å²) < 4.78 is 0. The van der Waals surface area contributed by atoms with Crippen LogP contribution in [-0.4, -0.2) is 23.7 Å². The van der Waals surface area contributed by atoms with E-state index in [2.05, 4.69) is 10.6 Å². The van der Waals surface area contributed by atoms with Crippen molar-refractivity contribution in [2.24, 2.45) is 0 Å². The Kier molecular flexibility index (Phi) is 4.52. The molecule has 0 aliphatic carbocycles. The Bertz CT molecular complexity index is 361. The van der Waals surface area contributed by atoms with Crippen molar-refractivity contribution in [3.8, 4) is 0 Å². The zero-order valence-electron chi connectivity index (χ0n) is 10.5. The minimum atomic E-state index is -1.06. The molecule has 4 nitrogen and oxygen atoms in total. The highest BCUT2D eigenvalue weighted by Crippen LogP contribution is 2.18. The average Bonchev–Trinajstić information content (AvgIpc) is 2.27. The lowest BCUT2D eigenvalue weighted by Gasteiger charge is -2.24. The molecule has 0 spiro atoms. The number of aliphatic hydroxyl groups is 1. The van der Waals surface area contributed by atoms with E-state index in [9.17, 15) is 9.90 Å². The van der Waals surface area contributed by atoms with E-state index in [1.54, 1.807) is 6.92 Å². The summed E-state index contributed by atoms with van der Waals surface area (Å²) in [5.41, 5.74) is -0.278. The molecule has 0 heterocycles. The van der Waals surface area contributed by atoms with Crippen LogP contribution in [-0.2, 0) is 5.60 Å². The van der Waals surface area contributed by atoms with Crippen LogP contribution in [0, 0.1) is 0 Å². The Morgan fingerprint density at radius 1 is 1.35 bits per heavy atom. The number of rotatable bonds is 4. The van der Waals surface area contributed by atoms with Gasteiger partial charge in [-0.1, -0.05) is 30.3 Å². The third-order valence-corrected chi connectivity index (χ3v) is 2.41. The molecule has 4 heteroatoms. The maximum absolute atomic E-state index is 11.4. The minimum absolute atomic E-state index is 0.0803. The first-order chi connectivity index (χ1) is 7.92. The molecule has 0 aliphatic rings. The van der Waals surface area contributed by atoms with E-state index >= 15 is 0 Å². The SMILES string of the molecule is CC(C)NC(=O)NCC(C)(O)c1ccccc1. The van der Waals surface area contributed by atoms with E-state index in [0.29, 0.717) is 0 Å². The van der Waals surface area contributed by atoms with Gasteiger partial charge in [0.25, 0.3) is 0 Å². The third-order valence-electron chi connectivity index (χ3n) is 2.41. The fraction of sp³-hybridized carbons (Fsp3) is 0.462. The first kappa shape index (κ1) is 13.5. The van der Waals surface area contributed by atoms with Crippen LogP contribution in [0.1, 0.15) is 26.3 Å². The third kappa shape index (κ3) is 4.44. The van der Waals surface area contributed by atoms with Crippen LogP contribution in [0.5, 0.6) is 0 Å². The van der Waals surface area contributed by atoms with E-state index in [1.807, 2.05) is 44.2 Å². The molecule has 0 aliphatic heterocycles. The largest absolute Gasteiger partial charge is 0.384 e. The predicted octanol–water partition coefficient (Wildman–Crippen LogP) is 1.60. The van der Waals surface area contributed by atoms with Crippen molar-refractivity contribution in [1.82, 2.24) is 10.6 Å². The Morgan fingerprint density at radius 3 is 2.47 bits per heavy atom. The van der Waals surface area contributed by atoms with Crippen molar-refractivity contribution < 1.29 is 9.90 Å². The molecule has 1 rings (SSSR count). The number of amides is 2. The van der Waals surface area contributed by atoms with Crippen LogP contribution < -0.4 is 10.6 Å². The second-order valence-electron chi connectivity index (χ2n) is 4.62. The number of hydrogen-bond acceptors (Lipinski definition) is 2. The highest BCUT2D eigenvalue weighted by atomic mass is 16.3. The molecule has 3 N–H and O–H groups in total. The van der Waals surface area contributed by atoms with Crippen molar-refractivity contribution in [1.29, 1.82) is 0 Å². The lowest BCUT2D eigenvalue weighted by molar-refractivity contribution is 0.0593. The molecule has 0 radical (unpaired) electrons. The number of carbonyl (C=O) groups excluding carboxylic acids is 1. The second-order valence-corrected chi connectivity index (χ2v) is 4.62. The number of nitrogens with one attached hydrogen (secondary N) is 2. The van der Waals surface area contributed by atoms with Gasteiger partial charge in [0.15, 0.2) is 0 Å². The van der Waals surface area contributed by atoms with E-state index < -0.39 is 5.60 Å². The molecule has 94 valence electrons. The molecule has 0 saturated carbocycles. The van der Waals surface area contributed by atoms with Crippen LogP contribution in [0.25, 0.3) is 0 Å². The van der Waals surface area contributed by atoms with Gasteiger partial charge in [-0.3, -0.25) is 0 Å². The van der Waals surface area contributed by atoms with Gasteiger partial charge in [-0.15, -0.1) is 0 Å². The topological polar surface area (TPSA) is 61.4 Å². The van der Waals surface area contributed by atoms with E-state index in [0.717, 1.165) is 5.56 Å². The molecule has 17 heavy (non-hydrogen) atoms. The number of carbonyl (C=O) groups is 1. The Morgan fingerprint density at radius 2 is 1.94 bits per heavy atom. The van der Waals surface area contributed by atoms with Gasteiger partial charge in [0.1, 0.15) is 5.60 Å². The summed E-state index contributed by atoms with van der Waals surface area (Å²) in [7, 11) is 0. The van der Waals surface area contributed by atoms with Crippen molar-refractivity contribution in [2.45, 2.75) is 32.4 Å². The van der Waals surface area contributed by atoms with Gasteiger partial charge in [-0.25, -0.2) is 4.79 Å². The summed E-state index contributed by atoms with van der Waals surface area (Å²) in [6.45, 7) is 5.62. The Hall–Kier alpha value is -1.55. The fourth-order valence-electron chi connectivity index (χ4n) is 1.46. The highest BCUT2D eigenvalue weighted by molar-refractivity contribution is 5.74. The van der Waals surface area contributed by atoms with Crippen molar-refractivity contribution in [3.63, 3.8) is 0 Å². The molecule has 0 fully saturated rings. The Labute approximate surface area is 102 Å². The number of benzene rings is 1. The molecule has 0 saturated heterocycles. The fourth-order valence-corrected chi connectivity index (χ4v) is 1.46. The number of urea groups is 1. The molecule has 0 aromatic heterocycles. The van der Waals surface area contributed by atoms with Gasteiger partial charge in [0.2, 0.25) is 0 Å². The highest BCUT2D eigenvalue weighted by Gasteiger charge is 2.23. The maximum Gasteiger partial charge on any atom is 0.315 e. The van der Waals surface area contributed by atoms with Crippen molar-refractivity contribution >= 4 is 6.03 Å². The predicted molar refractivity (Wildman–Crippen MR) is 67.7 cm³/mol. The summed E-state index contributed by atoms with van der Waals surface area (Å²) in [5.74, 6) is 0. The first-order valence-corrected chi connectivity index (χ1v) is 5.74. The zero-order valence-corrected chi connectivity index (χ0v) is 10.5. The van der Waals surface area contributed by atoms with E-state index in [-0.39, 0.29) is 18.6 Å². The summed E-state index contributed by atoms with van der Waals surface area (Å²) in [5, 5.41) is 15.6. The lowest BCUT2D eigenvalue weighted by Crippen LogP contribution is -2.45. The van der Waals surface area contributed by atoms with Crippen LogP contribution >= 0.6 is 0 Å². The average molecular weight is 236 g/mol. The van der Waals surface area contributed by atoms with Gasteiger partial charge in [-0.2, -0.15) is 0 Å². The molecule has 1 aromatic rings. The number of hydrogen-bond donors (Lipinski definition) is 3. The lowest BCUT2D eigenvalue weighted by atomic mass is 9.96. The molecular formula is C13H20N2O2. The van der Waals surface area contributed by atoms with Crippen LogP contribution in [0.3, 0.4) is 0 Å². The summed E-state index contributed by atoms with van der Waals surface area (Å²) in [4.78, 5) is 11.4. The summed E-state index contributed by atoms with van der Waals surface area (Å²) in [6, 6.07) is 9.09. The summed E-state index contributed by atoms with van der Waals surface area (Å²) >= 11 is 0. The van der Waals surface area contributed by atoms with Crippen molar-refractivity contribution in [3.05, 3.63) is 35.9 Å². The van der Waals surface area contributed by atoms with E-state index in [1.165, 1.54) is 0 Å². The van der Waals surface area contributed by atoms with Crippen LogP contribution in [0.2, 0.25) is 0 Å². The van der Waals surface area contributed by atoms with Gasteiger partial charge < -0.3 is 15.7 Å². The normalized spacial score (nSPS) is 14.2. The van der Waals surface area contributed by atoms with Gasteiger partial charge in [0.05, 0.1) is 6.54 Å².